The number of piperidine rings is 1. The molecular formula is C20H26N5OS+. The molecule has 1 aromatic heterocycles. The molecule has 3 heterocycles. The molecule has 4 rings (SSSR count). The molecule has 0 aliphatic carbocycles. The molecule has 27 heavy (non-hydrogen) atoms. The molecule has 0 spiro atoms. The summed E-state index contributed by atoms with van der Waals surface area (Å²) in [6.07, 6.45) is 4.42. The summed E-state index contributed by atoms with van der Waals surface area (Å²) in [7, 11) is 2.19. The number of nitrogens with one attached hydrogen (secondary N) is 1. The van der Waals surface area contributed by atoms with Gasteiger partial charge in [-0.25, -0.2) is 10.4 Å². The van der Waals surface area contributed by atoms with Gasteiger partial charge in [-0.15, -0.1) is 11.3 Å². The second-order valence-corrected chi connectivity index (χ2v) is 8.56. The Labute approximate surface area is 163 Å². The minimum atomic E-state index is -0.228. The van der Waals surface area contributed by atoms with E-state index in [1.54, 1.807) is 11.3 Å². The lowest BCUT2D eigenvalue weighted by Gasteiger charge is -2.36. The molecule has 2 aliphatic heterocycles. The Hall–Kier alpha value is -2.25. The Kier molecular flexibility index (Phi) is 4.74. The normalized spacial score (nSPS) is 24.7. The maximum atomic E-state index is 12.7. The number of nitrogen functional groups attached to an aromatic ring is 1. The van der Waals surface area contributed by atoms with Gasteiger partial charge in [-0.1, -0.05) is 6.07 Å². The number of aromatic nitrogens is 1. The molecule has 2 aromatic rings. The Morgan fingerprint density at radius 2 is 2.04 bits per heavy atom. The van der Waals surface area contributed by atoms with Crippen LogP contribution in [-0.2, 0) is 4.79 Å². The molecule has 2 bridgehead atoms. The summed E-state index contributed by atoms with van der Waals surface area (Å²) in [6, 6.07) is 6.89. The third-order valence-corrected chi connectivity index (χ3v) is 6.89. The molecule has 2 unspecified atom stereocenters. The molecule has 1 aromatic carbocycles. The van der Waals surface area contributed by atoms with Crippen molar-refractivity contribution in [2.24, 2.45) is 0 Å². The zero-order valence-corrected chi connectivity index (χ0v) is 16.6. The average molecular weight is 385 g/mol. The third kappa shape index (κ3) is 3.49. The molecule has 2 fully saturated rings. The van der Waals surface area contributed by atoms with Gasteiger partial charge < -0.3 is 16.0 Å². The van der Waals surface area contributed by atoms with Gasteiger partial charge in [0.1, 0.15) is 5.01 Å². The van der Waals surface area contributed by atoms with Crippen molar-refractivity contribution >= 4 is 28.6 Å². The molecular weight excluding hydrogens is 358 g/mol. The zero-order valence-electron chi connectivity index (χ0n) is 15.7. The van der Waals surface area contributed by atoms with Crippen molar-refractivity contribution < 1.29 is 10.2 Å². The lowest BCUT2D eigenvalue weighted by atomic mass is 9.97. The fraction of sp³-hybridized carbons (Fsp3) is 0.450. The van der Waals surface area contributed by atoms with E-state index in [4.69, 9.17) is 11.1 Å². The van der Waals surface area contributed by atoms with Gasteiger partial charge in [0.15, 0.2) is 0 Å². The number of anilines is 1. The van der Waals surface area contributed by atoms with E-state index in [9.17, 15) is 4.79 Å². The van der Waals surface area contributed by atoms with Gasteiger partial charge in [0, 0.05) is 40.5 Å². The van der Waals surface area contributed by atoms with E-state index in [-0.39, 0.29) is 17.7 Å². The molecule has 5 N–H and O–H groups in total. The zero-order chi connectivity index (χ0) is 19.1. The van der Waals surface area contributed by atoms with Crippen LogP contribution in [0.4, 0.5) is 5.69 Å². The van der Waals surface area contributed by atoms with Crippen LogP contribution < -0.4 is 16.5 Å². The number of carbonyl (C=O) groups is 1. The van der Waals surface area contributed by atoms with Crippen molar-refractivity contribution in [1.82, 2.24) is 15.2 Å². The predicted molar refractivity (Wildman–Crippen MR) is 108 cm³/mol. The molecule has 0 radical (unpaired) electrons. The predicted octanol–water partition coefficient (Wildman–Crippen LogP) is 0.990. The Bertz CT molecular complexity index is 878. The number of hydrogen-bond donors (Lipinski definition) is 3. The second-order valence-electron chi connectivity index (χ2n) is 7.70. The fourth-order valence-corrected chi connectivity index (χ4v) is 5.14. The van der Waals surface area contributed by atoms with E-state index >= 15 is 0 Å². The minimum absolute atomic E-state index is 0.181. The van der Waals surface area contributed by atoms with Crippen LogP contribution in [0.3, 0.4) is 0 Å². The van der Waals surface area contributed by atoms with Gasteiger partial charge in [0.25, 0.3) is 5.71 Å². The summed E-state index contributed by atoms with van der Waals surface area (Å²) in [5.74, 6) is -0.228. The number of amides is 1. The summed E-state index contributed by atoms with van der Waals surface area (Å²) < 4.78 is 0. The summed E-state index contributed by atoms with van der Waals surface area (Å²) in [5, 5.41) is 12.2. The first-order valence-electron chi connectivity index (χ1n) is 9.40. The molecule has 2 saturated heterocycles. The first-order valence-corrected chi connectivity index (χ1v) is 10.3. The minimum Gasteiger partial charge on any atom is -0.398 e. The van der Waals surface area contributed by atoms with Gasteiger partial charge >= 0.3 is 5.91 Å². The quantitative estimate of drug-likeness (QED) is 0.541. The van der Waals surface area contributed by atoms with Gasteiger partial charge in [-0.05, 0) is 51.8 Å². The molecule has 1 amide bonds. The second kappa shape index (κ2) is 7.05. The lowest BCUT2D eigenvalue weighted by Crippen LogP contribution is -2.55. The van der Waals surface area contributed by atoms with Crippen LogP contribution in [0.1, 0.15) is 36.9 Å². The molecule has 6 nitrogen and oxygen atoms in total. The van der Waals surface area contributed by atoms with E-state index in [1.165, 1.54) is 12.8 Å². The molecule has 7 heteroatoms. The van der Waals surface area contributed by atoms with Crippen molar-refractivity contribution in [3.63, 3.8) is 0 Å². The van der Waals surface area contributed by atoms with Crippen LogP contribution in [0.15, 0.2) is 23.6 Å². The number of aryl methyl sites for hydroxylation is 1. The summed E-state index contributed by atoms with van der Waals surface area (Å²) in [5.41, 5.74) is 9.38. The van der Waals surface area contributed by atoms with E-state index in [2.05, 4.69) is 22.2 Å². The Morgan fingerprint density at radius 3 is 2.63 bits per heavy atom. The molecule has 0 saturated carbocycles. The van der Waals surface area contributed by atoms with Crippen LogP contribution >= 0.6 is 11.3 Å². The number of nitrogens with zero attached hydrogens (tertiary/aromatic N) is 2. The van der Waals surface area contributed by atoms with Crippen LogP contribution in [-0.4, -0.2) is 46.7 Å². The first kappa shape index (κ1) is 18.1. The highest BCUT2D eigenvalue weighted by atomic mass is 32.1. The highest BCUT2D eigenvalue weighted by Crippen LogP contribution is 2.34. The van der Waals surface area contributed by atoms with Crippen LogP contribution in [0, 0.1) is 6.92 Å². The third-order valence-electron chi connectivity index (χ3n) is 5.89. The largest absolute Gasteiger partial charge is 0.398 e. The fourth-order valence-electron chi connectivity index (χ4n) is 4.34. The monoisotopic (exact) mass is 384 g/mol. The SMILES string of the molecule is Cc1csc(-c2ccc(C(=[NH2+])C(=O)NC3CC4CCC(C3)N4C)c(N)c2)n1. The Morgan fingerprint density at radius 1 is 1.33 bits per heavy atom. The molecule has 142 valence electrons. The number of nitrogens with two attached hydrogens (primary N) is 2. The summed E-state index contributed by atoms with van der Waals surface area (Å²) >= 11 is 1.57. The number of hydrogen-bond acceptors (Lipinski definition) is 5. The van der Waals surface area contributed by atoms with Crippen molar-refractivity contribution in [3.8, 4) is 10.6 Å². The maximum Gasteiger partial charge on any atom is 0.316 e. The van der Waals surface area contributed by atoms with Crippen LogP contribution in [0.2, 0.25) is 0 Å². The van der Waals surface area contributed by atoms with E-state index in [0.717, 1.165) is 29.1 Å². The van der Waals surface area contributed by atoms with E-state index < -0.39 is 0 Å². The summed E-state index contributed by atoms with van der Waals surface area (Å²) in [6.45, 7) is 1.96. The summed E-state index contributed by atoms with van der Waals surface area (Å²) in [4.78, 5) is 19.6. The number of rotatable bonds is 4. The highest BCUT2D eigenvalue weighted by molar-refractivity contribution is 7.13. The van der Waals surface area contributed by atoms with Gasteiger partial charge in [-0.2, -0.15) is 0 Å². The lowest BCUT2D eigenvalue weighted by molar-refractivity contribution is -0.136. The van der Waals surface area contributed by atoms with Crippen molar-refractivity contribution in [2.45, 2.75) is 50.7 Å². The van der Waals surface area contributed by atoms with E-state index in [1.807, 2.05) is 30.5 Å². The smallest absolute Gasteiger partial charge is 0.316 e. The first-order chi connectivity index (χ1) is 12.9. The van der Waals surface area contributed by atoms with Crippen molar-refractivity contribution in [3.05, 3.63) is 34.8 Å². The number of fused-ring (bicyclic) bond motifs is 2. The van der Waals surface area contributed by atoms with Gasteiger partial charge in [0.05, 0.1) is 5.56 Å². The van der Waals surface area contributed by atoms with Crippen LogP contribution in [0.5, 0.6) is 0 Å². The number of carbonyl (C=O) groups excluding carboxylic acids is 1. The van der Waals surface area contributed by atoms with Crippen molar-refractivity contribution in [1.29, 1.82) is 0 Å². The number of benzene rings is 1. The number of thiazole rings is 1. The molecule has 2 atom stereocenters. The van der Waals surface area contributed by atoms with Crippen LogP contribution in [0.25, 0.3) is 10.6 Å². The average Bonchev–Trinajstić information content (AvgIpc) is 3.14. The Balaban J connectivity index is 1.45. The topological polar surface area (TPSA) is 96.8 Å². The van der Waals surface area contributed by atoms with Crippen molar-refractivity contribution in [2.75, 3.05) is 12.8 Å². The maximum absolute atomic E-state index is 12.7. The standard InChI is InChI=1S/C20H25N5OS/c1-11-10-27-20(23-11)12-3-6-16(17(21)7-12)18(22)19(26)24-13-8-14-4-5-15(9-13)25(14)2/h3,6-7,10,13-15,22H,4-5,8-9,21H2,1-2H3,(H,24,26)/p+1. The van der Waals surface area contributed by atoms with Gasteiger partial charge in [0.2, 0.25) is 0 Å². The molecule has 2 aliphatic rings. The van der Waals surface area contributed by atoms with E-state index in [0.29, 0.717) is 23.3 Å². The highest BCUT2D eigenvalue weighted by Gasteiger charge is 2.39. The van der Waals surface area contributed by atoms with Gasteiger partial charge in [-0.3, -0.25) is 4.79 Å².